The van der Waals surface area contributed by atoms with Crippen LogP contribution in [0.1, 0.15) is 24.0 Å². The highest BCUT2D eigenvalue weighted by molar-refractivity contribution is 9.11. The van der Waals surface area contributed by atoms with E-state index >= 15 is 0 Å². The van der Waals surface area contributed by atoms with Gasteiger partial charge < -0.3 is 4.90 Å². The Morgan fingerprint density at radius 1 is 1.12 bits per heavy atom. The molecule has 34 heavy (non-hydrogen) atoms. The molecule has 2 aromatic rings. The summed E-state index contributed by atoms with van der Waals surface area (Å²) >= 11 is 9.40. The molecular formula is C24H20BrClN4O3S. The van der Waals surface area contributed by atoms with E-state index in [1.807, 2.05) is 47.5 Å². The number of carbonyl (C=O) groups is 1. The van der Waals surface area contributed by atoms with Crippen LogP contribution in [0.5, 0.6) is 0 Å². The smallest absolute Gasteiger partial charge is 0.266 e. The molecule has 7 nitrogen and oxygen atoms in total. The third kappa shape index (κ3) is 4.40. The van der Waals surface area contributed by atoms with E-state index in [0.717, 1.165) is 15.6 Å². The van der Waals surface area contributed by atoms with Gasteiger partial charge in [0.2, 0.25) is 10.0 Å². The van der Waals surface area contributed by atoms with Crippen molar-refractivity contribution in [2.45, 2.75) is 30.3 Å². The number of hydrogen-bond acceptors (Lipinski definition) is 4. The van der Waals surface area contributed by atoms with Crippen LogP contribution < -0.4 is 0 Å². The normalized spacial score (nSPS) is 21.5. The Bertz CT molecular complexity index is 1380. The van der Waals surface area contributed by atoms with E-state index in [1.165, 1.54) is 28.6 Å². The minimum atomic E-state index is -3.87. The Morgan fingerprint density at radius 2 is 1.88 bits per heavy atom. The first kappa shape index (κ1) is 23.2. The molecule has 0 aliphatic carbocycles. The molecule has 174 valence electrons. The second-order valence-electron chi connectivity index (χ2n) is 8.10. The van der Waals surface area contributed by atoms with Crippen LogP contribution in [-0.2, 0) is 21.4 Å². The first-order valence-electron chi connectivity index (χ1n) is 10.7. The van der Waals surface area contributed by atoms with Crippen LogP contribution in [0.2, 0.25) is 5.02 Å². The van der Waals surface area contributed by atoms with Gasteiger partial charge in [-0.2, -0.15) is 9.30 Å². The molecule has 3 aliphatic heterocycles. The molecule has 0 N–H and O–H groups in total. The van der Waals surface area contributed by atoms with Crippen LogP contribution in [0.4, 0.5) is 0 Å². The molecule has 5 rings (SSSR count). The van der Waals surface area contributed by atoms with Gasteiger partial charge in [0, 0.05) is 34.4 Å². The predicted octanol–water partition coefficient (Wildman–Crippen LogP) is 4.49. The molecule has 0 saturated carbocycles. The first-order chi connectivity index (χ1) is 16.3. The molecule has 1 atom stereocenters. The summed E-state index contributed by atoms with van der Waals surface area (Å²) < 4.78 is 28.7. The fraction of sp³-hybridized carbons (Fsp3) is 0.208. The van der Waals surface area contributed by atoms with E-state index < -0.39 is 22.0 Å². The second kappa shape index (κ2) is 9.22. The van der Waals surface area contributed by atoms with Gasteiger partial charge in [-0.15, -0.1) is 0 Å². The SMILES string of the molecule is O=C(N=C1N=C2C=CC(Br)=CN2Cc2ccccc21)[C@@H]1CCCN1S(=O)(=O)c1ccc(Cl)cc1. The average Bonchev–Trinajstić information content (AvgIpc) is 3.27. The number of amides is 1. The van der Waals surface area contributed by atoms with E-state index in [0.29, 0.717) is 30.2 Å². The Kier molecular flexibility index (Phi) is 6.28. The largest absolute Gasteiger partial charge is 0.327 e. The molecule has 1 amide bonds. The predicted molar refractivity (Wildman–Crippen MR) is 135 cm³/mol. The Balaban J connectivity index is 1.51. The van der Waals surface area contributed by atoms with Gasteiger partial charge >= 0.3 is 0 Å². The van der Waals surface area contributed by atoms with Crippen LogP contribution in [0.3, 0.4) is 0 Å². The van der Waals surface area contributed by atoms with Crippen LogP contribution in [-0.4, -0.2) is 47.8 Å². The summed E-state index contributed by atoms with van der Waals surface area (Å²) in [5, 5.41) is 0.443. The third-order valence-corrected chi connectivity index (χ3v) is 8.55. The fourth-order valence-corrected chi connectivity index (χ4v) is 6.40. The number of allylic oxidation sites excluding steroid dienone is 2. The van der Waals surface area contributed by atoms with Crippen molar-refractivity contribution >= 4 is 55.1 Å². The third-order valence-electron chi connectivity index (χ3n) is 5.91. The minimum absolute atomic E-state index is 0.102. The number of benzene rings is 2. The van der Waals surface area contributed by atoms with Crippen LogP contribution in [0.25, 0.3) is 0 Å². The molecule has 0 bridgehead atoms. The number of sulfonamides is 1. The highest BCUT2D eigenvalue weighted by Crippen LogP contribution is 2.29. The highest BCUT2D eigenvalue weighted by atomic mass is 79.9. The van der Waals surface area contributed by atoms with Crippen LogP contribution >= 0.6 is 27.5 Å². The van der Waals surface area contributed by atoms with Crippen molar-refractivity contribution in [2.75, 3.05) is 6.54 Å². The topological polar surface area (TPSA) is 82.4 Å². The van der Waals surface area contributed by atoms with Gasteiger partial charge in [0.1, 0.15) is 11.9 Å². The lowest BCUT2D eigenvalue weighted by Crippen LogP contribution is -2.40. The van der Waals surface area contributed by atoms with Gasteiger partial charge in [-0.1, -0.05) is 35.9 Å². The summed E-state index contributed by atoms with van der Waals surface area (Å²) in [6.07, 6.45) is 6.64. The number of halogens is 2. The summed E-state index contributed by atoms with van der Waals surface area (Å²) in [4.78, 5) is 24.5. The maximum atomic E-state index is 13.4. The zero-order valence-corrected chi connectivity index (χ0v) is 21.1. The van der Waals surface area contributed by atoms with Crippen molar-refractivity contribution in [2.24, 2.45) is 9.98 Å². The van der Waals surface area contributed by atoms with Crippen molar-refractivity contribution < 1.29 is 13.2 Å². The summed E-state index contributed by atoms with van der Waals surface area (Å²) in [5.41, 5.74) is 1.72. The van der Waals surface area contributed by atoms with Gasteiger partial charge in [0.05, 0.1) is 4.90 Å². The molecule has 0 aromatic heterocycles. The minimum Gasteiger partial charge on any atom is -0.327 e. The molecule has 3 aliphatic rings. The van der Waals surface area contributed by atoms with E-state index in [4.69, 9.17) is 11.6 Å². The number of aliphatic imine (C=N–C) groups is 2. The number of amidine groups is 2. The number of nitrogens with zero attached hydrogens (tertiary/aromatic N) is 4. The number of rotatable bonds is 3. The lowest BCUT2D eigenvalue weighted by Gasteiger charge is -2.22. The van der Waals surface area contributed by atoms with E-state index in [2.05, 4.69) is 25.9 Å². The molecule has 3 heterocycles. The Morgan fingerprint density at radius 3 is 2.68 bits per heavy atom. The maximum absolute atomic E-state index is 13.4. The van der Waals surface area contributed by atoms with Gasteiger partial charge in [-0.05, 0) is 70.8 Å². The molecule has 1 saturated heterocycles. The molecular weight excluding hydrogens is 540 g/mol. The molecule has 0 radical (unpaired) electrons. The first-order valence-corrected chi connectivity index (χ1v) is 13.3. The number of hydrogen-bond donors (Lipinski definition) is 0. The highest BCUT2D eigenvalue weighted by Gasteiger charge is 2.39. The standard InChI is InChI=1S/C24H20BrClN4O3S/c25-17-7-12-22-27-23(20-5-2-1-4-16(20)14-29(22)15-17)28-24(31)21-6-3-13-30(21)34(32,33)19-10-8-18(26)9-11-19/h1-2,4-5,7-12,15,21H,3,6,13-14H2/t21-/m0/s1. The number of fused-ring (bicyclic) bond motifs is 2. The second-order valence-corrected chi connectivity index (χ2v) is 11.3. The molecule has 1 fully saturated rings. The Labute approximate surface area is 211 Å². The lowest BCUT2D eigenvalue weighted by atomic mass is 10.1. The summed E-state index contributed by atoms with van der Waals surface area (Å²) in [6, 6.07) is 12.7. The van der Waals surface area contributed by atoms with E-state index in [-0.39, 0.29) is 17.3 Å². The van der Waals surface area contributed by atoms with Crippen molar-refractivity contribution in [3.05, 3.63) is 87.5 Å². The van der Waals surface area contributed by atoms with Crippen molar-refractivity contribution in [3.8, 4) is 0 Å². The van der Waals surface area contributed by atoms with Crippen molar-refractivity contribution in [1.29, 1.82) is 0 Å². The van der Waals surface area contributed by atoms with Crippen LogP contribution in [0, 0.1) is 0 Å². The summed E-state index contributed by atoms with van der Waals surface area (Å²) in [7, 11) is -3.87. The zero-order chi connectivity index (χ0) is 23.9. The average molecular weight is 560 g/mol. The fourth-order valence-electron chi connectivity index (χ4n) is 4.25. The van der Waals surface area contributed by atoms with Gasteiger partial charge in [0.25, 0.3) is 5.91 Å². The molecule has 2 aromatic carbocycles. The summed E-state index contributed by atoms with van der Waals surface area (Å²) in [6.45, 7) is 0.828. The van der Waals surface area contributed by atoms with Crippen molar-refractivity contribution in [1.82, 2.24) is 9.21 Å². The van der Waals surface area contributed by atoms with Crippen LogP contribution in [0.15, 0.2) is 86.2 Å². The maximum Gasteiger partial charge on any atom is 0.266 e. The monoisotopic (exact) mass is 558 g/mol. The molecule has 0 spiro atoms. The van der Waals surface area contributed by atoms with E-state index in [1.54, 1.807) is 0 Å². The zero-order valence-electron chi connectivity index (χ0n) is 17.9. The van der Waals surface area contributed by atoms with Gasteiger partial charge in [-0.25, -0.2) is 13.4 Å². The molecule has 0 unspecified atom stereocenters. The number of carbonyl (C=O) groups excluding carboxylic acids is 1. The lowest BCUT2D eigenvalue weighted by molar-refractivity contribution is -0.120. The van der Waals surface area contributed by atoms with Crippen molar-refractivity contribution in [3.63, 3.8) is 0 Å². The van der Waals surface area contributed by atoms with E-state index in [9.17, 15) is 13.2 Å². The van der Waals surface area contributed by atoms with Gasteiger partial charge in [-0.3, -0.25) is 4.79 Å². The summed E-state index contributed by atoms with van der Waals surface area (Å²) in [5.74, 6) is 0.419. The van der Waals surface area contributed by atoms with Gasteiger partial charge in [0.15, 0.2) is 5.84 Å². The Hall–Kier alpha value is -2.59. The molecule has 10 heteroatoms. The quantitative estimate of drug-likeness (QED) is 0.555.